The van der Waals surface area contributed by atoms with Gasteiger partial charge in [0.05, 0.1) is 19.3 Å². The van der Waals surface area contributed by atoms with E-state index in [-0.39, 0.29) is 0 Å². The van der Waals surface area contributed by atoms with Gasteiger partial charge in [0.15, 0.2) is 0 Å². The predicted molar refractivity (Wildman–Crippen MR) is 69.4 cm³/mol. The third-order valence-corrected chi connectivity index (χ3v) is 3.25. The summed E-state index contributed by atoms with van der Waals surface area (Å²) in [5.74, 6) is 1.67. The SMILES string of the molecule is Cc1cc(OCCC(C)C)ccc1C1CCO1. The number of hydrogen-bond acceptors (Lipinski definition) is 2. The highest BCUT2D eigenvalue weighted by molar-refractivity contribution is 5.36. The average molecular weight is 234 g/mol. The lowest BCUT2D eigenvalue weighted by Crippen LogP contribution is -2.19. The summed E-state index contributed by atoms with van der Waals surface area (Å²) in [6, 6.07) is 6.32. The summed E-state index contributed by atoms with van der Waals surface area (Å²) in [7, 11) is 0. The van der Waals surface area contributed by atoms with E-state index in [1.165, 1.54) is 11.1 Å². The summed E-state index contributed by atoms with van der Waals surface area (Å²) in [4.78, 5) is 0. The molecular weight excluding hydrogens is 212 g/mol. The second kappa shape index (κ2) is 5.54. The van der Waals surface area contributed by atoms with Crippen LogP contribution in [-0.2, 0) is 4.74 Å². The van der Waals surface area contributed by atoms with Crippen LogP contribution < -0.4 is 4.74 Å². The maximum absolute atomic E-state index is 5.74. The van der Waals surface area contributed by atoms with Gasteiger partial charge in [0.2, 0.25) is 0 Å². The van der Waals surface area contributed by atoms with Crippen LogP contribution in [0.2, 0.25) is 0 Å². The van der Waals surface area contributed by atoms with E-state index in [1.54, 1.807) is 0 Å². The first-order chi connectivity index (χ1) is 8.16. The molecular formula is C15H22O2. The fourth-order valence-corrected chi connectivity index (χ4v) is 1.99. The zero-order chi connectivity index (χ0) is 12.3. The largest absolute Gasteiger partial charge is 0.494 e. The van der Waals surface area contributed by atoms with Crippen molar-refractivity contribution in [2.45, 2.75) is 39.7 Å². The molecule has 17 heavy (non-hydrogen) atoms. The molecule has 1 atom stereocenters. The zero-order valence-electron chi connectivity index (χ0n) is 11.0. The van der Waals surface area contributed by atoms with E-state index < -0.39 is 0 Å². The van der Waals surface area contributed by atoms with E-state index in [9.17, 15) is 0 Å². The van der Waals surface area contributed by atoms with Gasteiger partial charge in [-0.1, -0.05) is 19.9 Å². The molecule has 1 heterocycles. The van der Waals surface area contributed by atoms with Crippen LogP contribution in [0.25, 0.3) is 0 Å². The monoisotopic (exact) mass is 234 g/mol. The first-order valence-electron chi connectivity index (χ1n) is 6.52. The number of hydrogen-bond donors (Lipinski definition) is 0. The van der Waals surface area contributed by atoms with E-state index in [1.807, 2.05) is 0 Å². The van der Waals surface area contributed by atoms with Gasteiger partial charge in [0.25, 0.3) is 0 Å². The summed E-state index contributed by atoms with van der Waals surface area (Å²) in [5.41, 5.74) is 2.59. The summed E-state index contributed by atoms with van der Waals surface area (Å²) < 4.78 is 11.3. The highest BCUT2D eigenvalue weighted by atomic mass is 16.5. The molecule has 1 fully saturated rings. The Morgan fingerprint density at radius 1 is 1.41 bits per heavy atom. The molecule has 1 aromatic rings. The molecule has 2 heteroatoms. The average Bonchev–Trinajstić information content (AvgIpc) is 2.18. The van der Waals surface area contributed by atoms with Crippen molar-refractivity contribution in [3.63, 3.8) is 0 Å². The van der Waals surface area contributed by atoms with Crippen LogP contribution in [0.4, 0.5) is 0 Å². The molecule has 0 aromatic heterocycles. The fraction of sp³-hybridized carbons (Fsp3) is 0.600. The molecule has 1 aromatic carbocycles. The van der Waals surface area contributed by atoms with Crippen molar-refractivity contribution in [3.8, 4) is 5.75 Å². The van der Waals surface area contributed by atoms with Gasteiger partial charge < -0.3 is 9.47 Å². The molecule has 2 nitrogen and oxygen atoms in total. The molecule has 1 unspecified atom stereocenters. The van der Waals surface area contributed by atoms with Crippen molar-refractivity contribution in [2.24, 2.45) is 5.92 Å². The van der Waals surface area contributed by atoms with Gasteiger partial charge in [-0.25, -0.2) is 0 Å². The number of rotatable bonds is 5. The van der Waals surface area contributed by atoms with Gasteiger partial charge >= 0.3 is 0 Å². The smallest absolute Gasteiger partial charge is 0.119 e. The van der Waals surface area contributed by atoms with Gasteiger partial charge in [-0.3, -0.25) is 0 Å². The number of aryl methyl sites for hydroxylation is 1. The van der Waals surface area contributed by atoms with E-state index in [0.29, 0.717) is 12.0 Å². The minimum Gasteiger partial charge on any atom is -0.494 e. The summed E-state index contributed by atoms with van der Waals surface area (Å²) >= 11 is 0. The molecule has 0 aliphatic carbocycles. The molecule has 94 valence electrons. The molecule has 0 radical (unpaired) electrons. The quantitative estimate of drug-likeness (QED) is 0.769. The molecule has 1 aliphatic rings. The standard InChI is InChI=1S/C15H22O2/c1-11(2)6-8-16-13-4-5-14(12(3)10-13)15-7-9-17-15/h4-5,10-11,15H,6-9H2,1-3H3. The van der Waals surface area contributed by atoms with Crippen LogP contribution in [0.1, 0.15) is 43.9 Å². The normalized spacial score (nSPS) is 19.2. The topological polar surface area (TPSA) is 18.5 Å². The fourth-order valence-electron chi connectivity index (χ4n) is 1.99. The minimum atomic E-state index is 0.319. The third-order valence-electron chi connectivity index (χ3n) is 3.25. The first kappa shape index (κ1) is 12.4. The lowest BCUT2D eigenvalue weighted by atomic mass is 9.98. The van der Waals surface area contributed by atoms with Gasteiger partial charge in [-0.05, 0) is 42.5 Å². The van der Waals surface area contributed by atoms with Crippen molar-refractivity contribution < 1.29 is 9.47 Å². The van der Waals surface area contributed by atoms with Crippen LogP contribution in [0, 0.1) is 12.8 Å². The van der Waals surface area contributed by atoms with Gasteiger partial charge in [0.1, 0.15) is 5.75 Å². The Morgan fingerprint density at radius 3 is 2.71 bits per heavy atom. The Bertz CT molecular complexity index is 367. The first-order valence-corrected chi connectivity index (χ1v) is 6.52. The molecule has 2 rings (SSSR count). The highest BCUT2D eigenvalue weighted by Crippen LogP contribution is 2.32. The van der Waals surface area contributed by atoms with Crippen LogP contribution in [0.5, 0.6) is 5.75 Å². The molecule has 0 spiro atoms. The Kier molecular flexibility index (Phi) is 4.06. The molecule has 0 saturated carbocycles. The Morgan fingerprint density at radius 2 is 2.18 bits per heavy atom. The lowest BCUT2D eigenvalue weighted by Gasteiger charge is -2.28. The van der Waals surface area contributed by atoms with E-state index in [0.717, 1.165) is 31.8 Å². The molecule has 0 bridgehead atoms. The second-order valence-corrected chi connectivity index (χ2v) is 5.20. The second-order valence-electron chi connectivity index (χ2n) is 5.20. The van der Waals surface area contributed by atoms with E-state index in [4.69, 9.17) is 9.47 Å². The van der Waals surface area contributed by atoms with Crippen LogP contribution in [0.3, 0.4) is 0 Å². The summed E-state index contributed by atoms with van der Waals surface area (Å²) in [6.07, 6.45) is 2.57. The third kappa shape index (κ3) is 3.22. The van der Waals surface area contributed by atoms with E-state index in [2.05, 4.69) is 39.0 Å². The molecule has 0 amide bonds. The van der Waals surface area contributed by atoms with Crippen LogP contribution >= 0.6 is 0 Å². The Labute approximate surface area is 104 Å². The Hall–Kier alpha value is -1.02. The number of ether oxygens (including phenoxy) is 2. The van der Waals surface area contributed by atoms with Crippen LogP contribution in [-0.4, -0.2) is 13.2 Å². The van der Waals surface area contributed by atoms with Crippen molar-refractivity contribution in [2.75, 3.05) is 13.2 Å². The van der Waals surface area contributed by atoms with Crippen molar-refractivity contribution in [1.29, 1.82) is 0 Å². The van der Waals surface area contributed by atoms with Crippen LogP contribution in [0.15, 0.2) is 18.2 Å². The zero-order valence-corrected chi connectivity index (χ0v) is 11.0. The molecule has 1 saturated heterocycles. The van der Waals surface area contributed by atoms with Gasteiger partial charge in [-0.2, -0.15) is 0 Å². The van der Waals surface area contributed by atoms with Crippen molar-refractivity contribution >= 4 is 0 Å². The molecule has 0 N–H and O–H groups in total. The van der Waals surface area contributed by atoms with Gasteiger partial charge in [0, 0.05) is 6.42 Å². The van der Waals surface area contributed by atoms with Crippen molar-refractivity contribution in [3.05, 3.63) is 29.3 Å². The van der Waals surface area contributed by atoms with E-state index >= 15 is 0 Å². The summed E-state index contributed by atoms with van der Waals surface area (Å²) in [6.45, 7) is 8.26. The summed E-state index contributed by atoms with van der Waals surface area (Å²) in [5, 5.41) is 0. The van der Waals surface area contributed by atoms with Gasteiger partial charge in [-0.15, -0.1) is 0 Å². The van der Waals surface area contributed by atoms with Crippen molar-refractivity contribution in [1.82, 2.24) is 0 Å². The maximum atomic E-state index is 5.74. The maximum Gasteiger partial charge on any atom is 0.119 e. The lowest BCUT2D eigenvalue weighted by molar-refractivity contribution is -0.0530. The predicted octanol–water partition coefficient (Wildman–Crippen LogP) is 3.88. The number of benzene rings is 1. The highest BCUT2D eigenvalue weighted by Gasteiger charge is 2.21. The Balaban J connectivity index is 1.93. The minimum absolute atomic E-state index is 0.319. The molecule has 1 aliphatic heterocycles.